The Morgan fingerprint density at radius 2 is 1.64 bits per heavy atom. The lowest BCUT2D eigenvalue weighted by molar-refractivity contribution is -1.02. The van der Waals surface area contributed by atoms with Gasteiger partial charge in [-0.15, -0.1) is 0 Å². The molecule has 22 heavy (non-hydrogen) atoms. The predicted octanol–water partition coefficient (Wildman–Crippen LogP) is 0.162. The lowest BCUT2D eigenvalue weighted by Gasteiger charge is -2.29. The van der Waals surface area contributed by atoms with Crippen LogP contribution in [-0.4, -0.2) is 32.8 Å². The summed E-state index contributed by atoms with van der Waals surface area (Å²) in [6.07, 6.45) is 1.77. The van der Waals surface area contributed by atoms with Crippen molar-refractivity contribution in [2.75, 3.05) is 32.8 Å². The maximum atomic E-state index is 5.50. The molecule has 0 unspecified atom stereocenters. The molecule has 2 aromatic rings. The van der Waals surface area contributed by atoms with Gasteiger partial charge in [-0.3, -0.25) is 0 Å². The number of hydrogen-bond acceptors (Lipinski definition) is 2. The molecule has 1 aliphatic rings. The molecule has 118 valence electrons. The molecule has 1 fully saturated rings. The van der Waals surface area contributed by atoms with Crippen molar-refractivity contribution in [1.29, 1.82) is 0 Å². The van der Waals surface area contributed by atoms with Crippen molar-refractivity contribution in [1.82, 2.24) is 0 Å². The van der Waals surface area contributed by atoms with E-state index in [9.17, 15) is 0 Å². The molecule has 4 heteroatoms. The van der Waals surface area contributed by atoms with Crippen molar-refractivity contribution in [2.45, 2.75) is 20.0 Å². The van der Waals surface area contributed by atoms with Gasteiger partial charge >= 0.3 is 0 Å². The maximum absolute atomic E-state index is 5.50. The maximum Gasteiger partial charge on any atom is 0.157 e. The molecule has 1 aromatic carbocycles. The number of nitrogens with one attached hydrogen (secondary N) is 2. The smallest absolute Gasteiger partial charge is 0.157 e. The molecule has 2 heterocycles. The normalized spacial score (nSPS) is 21.7. The molecule has 0 bridgehead atoms. The fourth-order valence-corrected chi connectivity index (χ4v) is 3.13. The molecule has 3 rings (SSSR count). The second-order valence-corrected chi connectivity index (χ2v) is 6.01. The number of benzene rings is 1. The number of furan rings is 1. The van der Waals surface area contributed by atoms with E-state index < -0.39 is 0 Å². The van der Waals surface area contributed by atoms with Crippen LogP contribution in [0.2, 0.25) is 0 Å². The molecule has 0 amide bonds. The highest BCUT2D eigenvalue weighted by Crippen LogP contribution is 2.11. The topological polar surface area (TPSA) is 31.3 Å². The predicted molar refractivity (Wildman–Crippen MR) is 85.1 cm³/mol. The molecule has 1 aliphatic heterocycles. The monoisotopic (exact) mass is 302 g/mol. The lowest BCUT2D eigenvalue weighted by atomic mass is 10.2. The quantitative estimate of drug-likeness (QED) is 0.797. The molecule has 1 aromatic heterocycles. The summed E-state index contributed by atoms with van der Waals surface area (Å²) < 4.78 is 10.9. The van der Waals surface area contributed by atoms with Crippen molar-refractivity contribution in [2.24, 2.45) is 0 Å². The van der Waals surface area contributed by atoms with E-state index in [1.165, 1.54) is 31.7 Å². The Labute approximate surface area is 132 Å². The Kier molecular flexibility index (Phi) is 5.14. The van der Waals surface area contributed by atoms with Crippen LogP contribution in [0.5, 0.6) is 5.75 Å². The Bertz CT molecular complexity index is 543. The first-order chi connectivity index (χ1) is 10.8. The Morgan fingerprint density at radius 1 is 0.955 bits per heavy atom. The van der Waals surface area contributed by atoms with E-state index in [-0.39, 0.29) is 0 Å². The van der Waals surface area contributed by atoms with Gasteiger partial charge in [0.25, 0.3) is 0 Å². The van der Waals surface area contributed by atoms with Crippen LogP contribution >= 0.6 is 0 Å². The second kappa shape index (κ2) is 7.47. The molecule has 0 spiro atoms. The minimum absolute atomic E-state index is 0.727. The third kappa shape index (κ3) is 4.12. The van der Waals surface area contributed by atoms with E-state index in [1.54, 1.807) is 16.1 Å². The van der Waals surface area contributed by atoms with Crippen LogP contribution in [0.4, 0.5) is 0 Å². The highest BCUT2D eigenvalue weighted by atomic mass is 16.5. The zero-order chi connectivity index (χ0) is 15.2. The van der Waals surface area contributed by atoms with Gasteiger partial charge in [0, 0.05) is 5.56 Å². The number of quaternary nitrogens is 2. The van der Waals surface area contributed by atoms with E-state index in [0.717, 1.165) is 31.2 Å². The van der Waals surface area contributed by atoms with Gasteiger partial charge in [0.05, 0.1) is 12.9 Å². The van der Waals surface area contributed by atoms with Gasteiger partial charge in [0.1, 0.15) is 45.0 Å². The van der Waals surface area contributed by atoms with E-state index in [4.69, 9.17) is 9.15 Å². The van der Waals surface area contributed by atoms with E-state index in [2.05, 4.69) is 30.3 Å². The van der Waals surface area contributed by atoms with Gasteiger partial charge < -0.3 is 19.0 Å². The van der Waals surface area contributed by atoms with E-state index in [0.29, 0.717) is 0 Å². The van der Waals surface area contributed by atoms with Crippen LogP contribution in [0.1, 0.15) is 18.2 Å². The van der Waals surface area contributed by atoms with Gasteiger partial charge in [-0.2, -0.15) is 0 Å². The number of hydrogen-bond donors (Lipinski definition) is 2. The van der Waals surface area contributed by atoms with E-state index >= 15 is 0 Å². The summed E-state index contributed by atoms with van der Waals surface area (Å²) in [5.41, 5.74) is 1.40. The first kappa shape index (κ1) is 15.1. The average Bonchev–Trinajstić information content (AvgIpc) is 3.04. The Morgan fingerprint density at radius 3 is 2.23 bits per heavy atom. The van der Waals surface area contributed by atoms with Crippen LogP contribution in [0, 0.1) is 0 Å². The Hall–Kier alpha value is -1.78. The largest absolute Gasteiger partial charge is 0.494 e. The van der Waals surface area contributed by atoms with Gasteiger partial charge in [0.15, 0.2) is 5.76 Å². The summed E-state index contributed by atoms with van der Waals surface area (Å²) in [7, 11) is 0. The molecular weight excluding hydrogens is 276 g/mol. The van der Waals surface area contributed by atoms with Crippen molar-refractivity contribution in [3.05, 3.63) is 54.0 Å². The molecule has 0 atom stereocenters. The molecular formula is C18H26N2O2+2. The van der Waals surface area contributed by atoms with Crippen LogP contribution in [0.15, 0.2) is 47.1 Å². The zero-order valence-corrected chi connectivity index (χ0v) is 13.3. The second-order valence-electron chi connectivity index (χ2n) is 6.01. The molecule has 4 nitrogen and oxygen atoms in total. The third-order valence-corrected chi connectivity index (χ3v) is 4.36. The van der Waals surface area contributed by atoms with Crippen molar-refractivity contribution >= 4 is 0 Å². The summed E-state index contributed by atoms with van der Waals surface area (Å²) >= 11 is 0. The van der Waals surface area contributed by atoms with Crippen LogP contribution in [0.25, 0.3) is 0 Å². The minimum Gasteiger partial charge on any atom is -0.494 e. The number of piperazine rings is 1. The van der Waals surface area contributed by atoms with Crippen LogP contribution in [-0.2, 0) is 13.1 Å². The standard InChI is InChI=1S/C18H24N2O2/c1-2-21-17-7-5-16(6-8-17)14-19-9-11-20(12-10-19)15-18-4-3-13-22-18/h3-8,13H,2,9-12,14-15H2,1H3/p+2. The molecule has 1 saturated heterocycles. The molecule has 2 N–H and O–H groups in total. The van der Waals surface area contributed by atoms with Gasteiger partial charge in [-0.05, 0) is 43.3 Å². The zero-order valence-electron chi connectivity index (χ0n) is 13.3. The van der Waals surface area contributed by atoms with E-state index in [1.807, 2.05) is 13.0 Å². The van der Waals surface area contributed by atoms with Crippen molar-refractivity contribution < 1.29 is 19.0 Å². The summed E-state index contributed by atoms with van der Waals surface area (Å²) in [6.45, 7) is 9.75. The molecule has 0 aliphatic carbocycles. The number of ether oxygens (including phenoxy) is 1. The minimum atomic E-state index is 0.727. The first-order valence-corrected chi connectivity index (χ1v) is 8.24. The first-order valence-electron chi connectivity index (χ1n) is 8.24. The number of rotatable bonds is 6. The third-order valence-electron chi connectivity index (χ3n) is 4.36. The summed E-state index contributed by atoms with van der Waals surface area (Å²) in [5, 5.41) is 0. The van der Waals surface area contributed by atoms with Crippen molar-refractivity contribution in [3.63, 3.8) is 0 Å². The highest BCUT2D eigenvalue weighted by Gasteiger charge is 2.23. The molecule has 0 radical (unpaired) electrons. The SMILES string of the molecule is CCOc1ccc(C[NH+]2CC[NH+](Cc3ccco3)CC2)cc1. The van der Waals surface area contributed by atoms with Crippen molar-refractivity contribution in [3.8, 4) is 5.75 Å². The lowest BCUT2D eigenvalue weighted by Crippen LogP contribution is -3.27. The van der Waals surface area contributed by atoms with Gasteiger partial charge in [-0.25, -0.2) is 0 Å². The summed E-state index contributed by atoms with van der Waals surface area (Å²) in [4.78, 5) is 3.30. The highest BCUT2D eigenvalue weighted by molar-refractivity contribution is 5.26. The Balaban J connectivity index is 1.45. The average molecular weight is 302 g/mol. The summed E-state index contributed by atoms with van der Waals surface area (Å²) in [6, 6.07) is 12.6. The van der Waals surface area contributed by atoms with Gasteiger partial charge in [0.2, 0.25) is 0 Å². The molecule has 0 saturated carbocycles. The van der Waals surface area contributed by atoms with Crippen LogP contribution in [0.3, 0.4) is 0 Å². The van der Waals surface area contributed by atoms with Gasteiger partial charge in [-0.1, -0.05) is 0 Å². The fraction of sp³-hybridized carbons (Fsp3) is 0.444. The summed E-state index contributed by atoms with van der Waals surface area (Å²) in [5.74, 6) is 2.07. The van der Waals surface area contributed by atoms with Crippen LogP contribution < -0.4 is 14.5 Å². The fourth-order valence-electron chi connectivity index (χ4n) is 3.13.